The van der Waals surface area contributed by atoms with Gasteiger partial charge in [0.2, 0.25) is 0 Å². The molecular weight excluding hydrogens is 639 g/mol. The highest BCUT2D eigenvalue weighted by molar-refractivity contribution is 5.89. The van der Waals surface area contributed by atoms with Crippen molar-refractivity contribution in [1.82, 2.24) is 0 Å². The van der Waals surface area contributed by atoms with Gasteiger partial charge in [-0.1, -0.05) is 170 Å². The number of rotatable bonds is 8. The SMILES string of the molecule is c1ccc(-c2cccc(N(c3ccc(-c4cccc(-c5ccc6ccccc6c5)c4)cc3)c3cc(-c4ccccc4)cc(-c4ccccc4)c3)c2)cc1. The van der Waals surface area contributed by atoms with Crippen molar-refractivity contribution in [2.45, 2.75) is 0 Å². The topological polar surface area (TPSA) is 3.24 Å². The molecule has 1 heteroatoms. The van der Waals surface area contributed by atoms with Crippen LogP contribution in [0.4, 0.5) is 17.1 Å². The Morgan fingerprint density at radius 3 is 1.21 bits per heavy atom. The Morgan fingerprint density at radius 1 is 0.189 bits per heavy atom. The molecule has 9 aromatic carbocycles. The lowest BCUT2D eigenvalue weighted by Gasteiger charge is -2.27. The third-order valence-corrected chi connectivity index (χ3v) is 10.0. The summed E-state index contributed by atoms with van der Waals surface area (Å²) in [5.41, 5.74) is 15.2. The van der Waals surface area contributed by atoms with Gasteiger partial charge in [-0.05, 0) is 121 Å². The highest BCUT2D eigenvalue weighted by Crippen LogP contribution is 2.41. The number of fused-ring (bicyclic) bond motifs is 1. The Hall–Kier alpha value is -6.96. The second-order valence-corrected chi connectivity index (χ2v) is 13.4. The van der Waals surface area contributed by atoms with Gasteiger partial charge in [0, 0.05) is 17.1 Å². The van der Waals surface area contributed by atoms with Gasteiger partial charge in [0.15, 0.2) is 0 Å². The van der Waals surface area contributed by atoms with Crippen LogP contribution in [0.15, 0.2) is 224 Å². The molecule has 250 valence electrons. The summed E-state index contributed by atoms with van der Waals surface area (Å²) in [5.74, 6) is 0. The second-order valence-electron chi connectivity index (χ2n) is 13.4. The molecule has 0 saturated heterocycles. The van der Waals surface area contributed by atoms with Gasteiger partial charge in [-0.25, -0.2) is 0 Å². The lowest BCUT2D eigenvalue weighted by molar-refractivity contribution is 1.28. The van der Waals surface area contributed by atoms with Crippen molar-refractivity contribution in [2.24, 2.45) is 0 Å². The molecule has 0 spiro atoms. The van der Waals surface area contributed by atoms with E-state index in [0.717, 1.165) is 17.1 Å². The number of hydrogen-bond acceptors (Lipinski definition) is 1. The van der Waals surface area contributed by atoms with Crippen molar-refractivity contribution >= 4 is 27.8 Å². The summed E-state index contributed by atoms with van der Waals surface area (Å²) in [6.45, 7) is 0. The summed E-state index contributed by atoms with van der Waals surface area (Å²) >= 11 is 0. The quantitative estimate of drug-likeness (QED) is 0.155. The van der Waals surface area contributed by atoms with Crippen LogP contribution in [0.2, 0.25) is 0 Å². The minimum absolute atomic E-state index is 1.09. The third kappa shape index (κ3) is 6.77. The average Bonchev–Trinajstić information content (AvgIpc) is 3.25. The Morgan fingerprint density at radius 2 is 0.585 bits per heavy atom. The second kappa shape index (κ2) is 14.3. The van der Waals surface area contributed by atoms with E-state index < -0.39 is 0 Å². The minimum atomic E-state index is 1.09. The standard InChI is InChI=1S/C52H37N/c1-4-14-38(15-5-1)46-24-13-25-51(35-46)53(52-36-48(39-16-6-2-7-17-39)34-49(37-52)40-18-8-3-9-19-40)50-30-28-42(29-31-50)44-22-12-23-45(32-44)47-27-26-41-20-10-11-21-43(41)33-47/h1-37H. The lowest BCUT2D eigenvalue weighted by Crippen LogP contribution is -2.10. The minimum Gasteiger partial charge on any atom is -0.310 e. The van der Waals surface area contributed by atoms with E-state index in [1.54, 1.807) is 0 Å². The zero-order valence-corrected chi connectivity index (χ0v) is 29.3. The van der Waals surface area contributed by atoms with Gasteiger partial charge in [0.1, 0.15) is 0 Å². The molecule has 9 rings (SSSR count). The van der Waals surface area contributed by atoms with Crippen LogP contribution < -0.4 is 4.90 Å². The fraction of sp³-hybridized carbons (Fsp3) is 0. The zero-order valence-electron chi connectivity index (χ0n) is 29.3. The molecule has 0 aliphatic carbocycles. The molecule has 0 fully saturated rings. The molecule has 0 aliphatic rings. The van der Waals surface area contributed by atoms with Gasteiger partial charge in [-0.2, -0.15) is 0 Å². The molecule has 0 aliphatic heterocycles. The van der Waals surface area contributed by atoms with E-state index in [0.29, 0.717) is 0 Å². The van der Waals surface area contributed by atoms with Crippen molar-refractivity contribution in [3.8, 4) is 55.6 Å². The average molecular weight is 676 g/mol. The Bertz CT molecular complexity index is 2590. The van der Waals surface area contributed by atoms with Crippen LogP contribution in [0.1, 0.15) is 0 Å². The molecule has 0 bridgehead atoms. The van der Waals surface area contributed by atoms with Crippen molar-refractivity contribution < 1.29 is 0 Å². The molecule has 0 N–H and O–H groups in total. The van der Waals surface area contributed by atoms with Gasteiger partial charge < -0.3 is 4.90 Å². The zero-order chi connectivity index (χ0) is 35.4. The van der Waals surface area contributed by atoms with E-state index in [1.807, 2.05) is 0 Å². The van der Waals surface area contributed by atoms with Crippen LogP contribution in [0.5, 0.6) is 0 Å². The fourth-order valence-electron chi connectivity index (χ4n) is 7.29. The van der Waals surface area contributed by atoms with E-state index in [2.05, 4.69) is 229 Å². The highest BCUT2D eigenvalue weighted by Gasteiger charge is 2.17. The van der Waals surface area contributed by atoms with Crippen molar-refractivity contribution in [1.29, 1.82) is 0 Å². The predicted molar refractivity (Wildman–Crippen MR) is 226 cm³/mol. The van der Waals surface area contributed by atoms with E-state index in [9.17, 15) is 0 Å². The fourth-order valence-corrected chi connectivity index (χ4v) is 7.29. The Labute approximate surface area is 311 Å². The van der Waals surface area contributed by atoms with E-state index in [1.165, 1.54) is 66.4 Å². The predicted octanol–water partition coefficient (Wildman–Crippen LogP) is 14.6. The third-order valence-electron chi connectivity index (χ3n) is 10.0. The maximum Gasteiger partial charge on any atom is 0.0473 e. The van der Waals surface area contributed by atoms with Crippen molar-refractivity contribution in [3.63, 3.8) is 0 Å². The van der Waals surface area contributed by atoms with Gasteiger partial charge >= 0.3 is 0 Å². The smallest absolute Gasteiger partial charge is 0.0473 e. The van der Waals surface area contributed by atoms with E-state index in [-0.39, 0.29) is 0 Å². The molecule has 0 radical (unpaired) electrons. The first-order valence-electron chi connectivity index (χ1n) is 18.2. The van der Waals surface area contributed by atoms with Gasteiger partial charge in [0.05, 0.1) is 0 Å². The summed E-state index contributed by atoms with van der Waals surface area (Å²) in [4.78, 5) is 2.39. The van der Waals surface area contributed by atoms with Gasteiger partial charge in [0.25, 0.3) is 0 Å². The molecule has 0 unspecified atom stereocenters. The van der Waals surface area contributed by atoms with Gasteiger partial charge in [-0.15, -0.1) is 0 Å². The summed E-state index contributed by atoms with van der Waals surface area (Å²) in [6, 6.07) is 80.9. The summed E-state index contributed by atoms with van der Waals surface area (Å²) in [5, 5.41) is 2.51. The van der Waals surface area contributed by atoms with Crippen LogP contribution in [-0.4, -0.2) is 0 Å². The molecule has 0 atom stereocenters. The van der Waals surface area contributed by atoms with Crippen LogP contribution >= 0.6 is 0 Å². The first-order chi connectivity index (χ1) is 26.2. The van der Waals surface area contributed by atoms with Crippen LogP contribution in [0, 0.1) is 0 Å². The van der Waals surface area contributed by atoms with Crippen molar-refractivity contribution in [2.75, 3.05) is 4.90 Å². The maximum absolute atomic E-state index is 2.39. The molecular formula is C52H37N. The van der Waals surface area contributed by atoms with Crippen LogP contribution in [0.25, 0.3) is 66.4 Å². The normalized spacial score (nSPS) is 11.0. The Balaban J connectivity index is 1.16. The van der Waals surface area contributed by atoms with E-state index in [4.69, 9.17) is 0 Å². The molecule has 0 aromatic heterocycles. The number of anilines is 3. The van der Waals surface area contributed by atoms with Crippen LogP contribution in [0.3, 0.4) is 0 Å². The first kappa shape index (κ1) is 32.0. The van der Waals surface area contributed by atoms with Crippen LogP contribution in [-0.2, 0) is 0 Å². The summed E-state index contributed by atoms with van der Waals surface area (Å²) in [6.07, 6.45) is 0. The van der Waals surface area contributed by atoms with E-state index >= 15 is 0 Å². The Kier molecular flexibility index (Phi) is 8.66. The molecule has 0 saturated carbocycles. The number of nitrogens with zero attached hydrogens (tertiary/aromatic N) is 1. The maximum atomic E-state index is 2.39. The highest BCUT2D eigenvalue weighted by atomic mass is 15.1. The molecule has 9 aromatic rings. The summed E-state index contributed by atoms with van der Waals surface area (Å²) < 4.78 is 0. The lowest BCUT2D eigenvalue weighted by atomic mass is 9.96. The molecule has 0 amide bonds. The first-order valence-corrected chi connectivity index (χ1v) is 18.2. The number of benzene rings is 9. The largest absolute Gasteiger partial charge is 0.310 e. The number of hydrogen-bond donors (Lipinski definition) is 0. The monoisotopic (exact) mass is 675 g/mol. The van der Waals surface area contributed by atoms with Crippen molar-refractivity contribution in [3.05, 3.63) is 224 Å². The molecule has 53 heavy (non-hydrogen) atoms. The molecule has 0 heterocycles. The van der Waals surface area contributed by atoms with Gasteiger partial charge in [-0.3, -0.25) is 0 Å². The molecule has 1 nitrogen and oxygen atoms in total. The summed E-state index contributed by atoms with van der Waals surface area (Å²) in [7, 11) is 0.